The fraction of sp³-hybridized carbons (Fsp3) is 0.286. The Morgan fingerprint density at radius 2 is 1.25 bits per heavy atom. The normalized spacial score (nSPS) is 22.9. The van der Waals surface area contributed by atoms with Crippen molar-refractivity contribution in [1.29, 1.82) is 0 Å². The average molecular weight is 212 g/mol. The van der Waals surface area contributed by atoms with E-state index in [9.17, 15) is 0 Å². The third-order valence-electron chi connectivity index (χ3n) is 3.43. The molecule has 3 rings (SSSR count). The molecule has 0 N–H and O–H groups in total. The number of nitrogens with zero attached hydrogens (tertiary/aromatic N) is 2. The minimum Gasteiger partial charge on any atom is -0.342 e. The van der Waals surface area contributed by atoms with Gasteiger partial charge in [0, 0.05) is 24.5 Å². The van der Waals surface area contributed by atoms with E-state index in [1.54, 1.807) is 0 Å². The molecular weight excluding hydrogens is 196 g/mol. The standard InChI is InChI=1S/C14H16N2/c1-11-5-3-7-13-14-8-4-6-12(2)16(14)10-9-15(11)13/h3-8H,9-10H2,1-2H3. The number of rotatable bonds is 0. The van der Waals surface area contributed by atoms with Crippen LogP contribution in [0.5, 0.6) is 0 Å². The summed E-state index contributed by atoms with van der Waals surface area (Å²) in [6, 6.07) is 0. The van der Waals surface area contributed by atoms with E-state index in [4.69, 9.17) is 0 Å². The number of allylic oxidation sites excluding steroid dienone is 8. The summed E-state index contributed by atoms with van der Waals surface area (Å²) in [5.74, 6) is 0. The Kier molecular flexibility index (Phi) is 2.03. The maximum absolute atomic E-state index is 2.40. The number of fused-ring (bicyclic) bond motifs is 2. The molecule has 0 atom stereocenters. The van der Waals surface area contributed by atoms with Gasteiger partial charge in [0.05, 0.1) is 11.4 Å². The van der Waals surface area contributed by atoms with Gasteiger partial charge >= 0.3 is 0 Å². The first-order valence-corrected chi connectivity index (χ1v) is 5.76. The highest BCUT2D eigenvalue weighted by Gasteiger charge is 2.26. The lowest BCUT2D eigenvalue weighted by atomic mass is 10.1. The Labute approximate surface area is 96.5 Å². The Morgan fingerprint density at radius 1 is 0.812 bits per heavy atom. The summed E-state index contributed by atoms with van der Waals surface area (Å²) < 4.78 is 0. The quantitative estimate of drug-likeness (QED) is 0.609. The summed E-state index contributed by atoms with van der Waals surface area (Å²) in [6.07, 6.45) is 13.0. The van der Waals surface area contributed by atoms with Crippen LogP contribution in [0.15, 0.2) is 59.2 Å². The molecule has 0 aromatic rings. The van der Waals surface area contributed by atoms with E-state index in [1.807, 2.05) is 0 Å². The van der Waals surface area contributed by atoms with E-state index in [0.717, 1.165) is 13.1 Å². The zero-order valence-electron chi connectivity index (χ0n) is 9.77. The zero-order chi connectivity index (χ0) is 11.1. The van der Waals surface area contributed by atoms with E-state index >= 15 is 0 Å². The molecule has 0 unspecified atom stereocenters. The Balaban J connectivity index is 2.11. The molecule has 16 heavy (non-hydrogen) atoms. The first-order chi connectivity index (χ1) is 7.77. The van der Waals surface area contributed by atoms with Gasteiger partial charge in [-0.1, -0.05) is 12.2 Å². The topological polar surface area (TPSA) is 6.48 Å². The molecule has 0 aliphatic carbocycles. The minimum absolute atomic E-state index is 1.07. The summed E-state index contributed by atoms with van der Waals surface area (Å²) in [7, 11) is 0. The molecule has 3 aliphatic rings. The molecule has 0 aromatic heterocycles. The van der Waals surface area contributed by atoms with Crippen LogP contribution in [0, 0.1) is 0 Å². The van der Waals surface area contributed by atoms with Gasteiger partial charge in [-0.2, -0.15) is 0 Å². The lowest BCUT2D eigenvalue weighted by molar-refractivity contribution is 0.300. The molecule has 0 radical (unpaired) electrons. The van der Waals surface area contributed by atoms with Crippen molar-refractivity contribution in [1.82, 2.24) is 9.80 Å². The van der Waals surface area contributed by atoms with Crippen LogP contribution in [0.4, 0.5) is 0 Å². The van der Waals surface area contributed by atoms with Gasteiger partial charge in [-0.3, -0.25) is 0 Å². The van der Waals surface area contributed by atoms with Crippen LogP contribution in [-0.2, 0) is 0 Å². The van der Waals surface area contributed by atoms with Gasteiger partial charge in [0.15, 0.2) is 0 Å². The Morgan fingerprint density at radius 3 is 1.69 bits per heavy atom. The second-order valence-corrected chi connectivity index (χ2v) is 4.41. The lowest BCUT2D eigenvalue weighted by Gasteiger charge is -2.41. The van der Waals surface area contributed by atoms with Gasteiger partial charge in [-0.25, -0.2) is 0 Å². The smallest absolute Gasteiger partial charge is 0.0650 e. The number of hydrogen-bond acceptors (Lipinski definition) is 2. The lowest BCUT2D eigenvalue weighted by Crippen LogP contribution is -2.40. The molecule has 0 saturated heterocycles. The molecule has 0 aromatic carbocycles. The molecule has 2 nitrogen and oxygen atoms in total. The van der Waals surface area contributed by atoms with E-state index in [2.05, 4.69) is 60.1 Å². The fourth-order valence-corrected chi connectivity index (χ4v) is 2.54. The summed E-state index contributed by atoms with van der Waals surface area (Å²) >= 11 is 0. The van der Waals surface area contributed by atoms with Crippen LogP contribution in [0.2, 0.25) is 0 Å². The Hall–Kier alpha value is -1.70. The van der Waals surface area contributed by atoms with Crippen molar-refractivity contribution < 1.29 is 0 Å². The zero-order valence-corrected chi connectivity index (χ0v) is 9.77. The third-order valence-corrected chi connectivity index (χ3v) is 3.43. The highest BCUT2D eigenvalue weighted by atomic mass is 15.3. The van der Waals surface area contributed by atoms with Crippen molar-refractivity contribution in [3.63, 3.8) is 0 Å². The van der Waals surface area contributed by atoms with Crippen LogP contribution in [0.25, 0.3) is 0 Å². The van der Waals surface area contributed by atoms with E-state index in [-0.39, 0.29) is 0 Å². The number of hydrogen-bond donors (Lipinski definition) is 0. The molecule has 0 bridgehead atoms. The van der Waals surface area contributed by atoms with Crippen molar-refractivity contribution >= 4 is 0 Å². The van der Waals surface area contributed by atoms with Crippen molar-refractivity contribution in [3.05, 3.63) is 59.2 Å². The van der Waals surface area contributed by atoms with Gasteiger partial charge in [-0.15, -0.1) is 0 Å². The highest BCUT2D eigenvalue weighted by molar-refractivity contribution is 5.44. The molecule has 3 heterocycles. The van der Waals surface area contributed by atoms with E-state index < -0.39 is 0 Å². The van der Waals surface area contributed by atoms with Crippen molar-refractivity contribution in [2.45, 2.75) is 13.8 Å². The molecule has 0 fully saturated rings. The van der Waals surface area contributed by atoms with Crippen LogP contribution < -0.4 is 0 Å². The van der Waals surface area contributed by atoms with Gasteiger partial charge in [0.2, 0.25) is 0 Å². The van der Waals surface area contributed by atoms with E-state index in [0.29, 0.717) is 0 Å². The van der Waals surface area contributed by atoms with Crippen molar-refractivity contribution in [3.8, 4) is 0 Å². The van der Waals surface area contributed by atoms with Crippen LogP contribution in [-0.4, -0.2) is 22.9 Å². The van der Waals surface area contributed by atoms with Crippen LogP contribution >= 0.6 is 0 Å². The van der Waals surface area contributed by atoms with Crippen molar-refractivity contribution in [2.75, 3.05) is 13.1 Å². The second-order valence-electron chi connectivity index (χ2n) is 4.41. The Bertz CT molecular complexity index is 431. The maximum atomic E-state index is 2.40. The summed E-state index contributed by atoms with van der Waals surface area (Å²) in [6.45, 7) is 6.50. The predicted octanol–water partition coefficient (Wildman–Crippen LogP) is 2.76. The summed E-state index contributed by atoms with van der Waals surface area (Å²) in [5, 5.41) is 0. The fourth-order valence-electron chi connectivity index (χ4n) is 2.54. The molecule has 0 spiro atoms. The third kappa shape index (κ3) is 1.26. The van der Waals surface area contributed by atoms with Gasteiger partial charge in [-0.05, 0) is 38.2 Å². The molecule has 2 heteroatoms. The summed E-state index contributed by atoms with van der Waals surface area (Å²) in [4.78, 5) is 4.80. The largest absolute Gasteiger partial charge is 0.342 e. The van der Waals surface area contributed by atoms with Crippen LogP contribution in [0.1, 0.15) is 13.8 Å². The summed E-state index contributed by atoms with van der Waals surface area (Å²) in [5.41, 5.74) is 5.33. The van der Waals surface area contributed by atoms with Gasteiger partial charge < -0.3 is 9.80 Å². The highest BCUT2D eigenvalue weighted by Crippen LogP contribution is 2.32. The van der Waals surface area contributed by atoms with Gasteiger partial charge in [0.25, 0.3) is 0 Å². The van der Waals surface area contributed by atoms with Crippen LogP contribution in [0.3, 0.4) is 0 Å². The molecule has 82 valence electrons. The first-order valence-electron chi connectivity index (χ1n) is 5.76. The molecule has 0 amide bonds. The molecular formula is C14H16N2. The first kappa shape index (κ1) is 9.52. The molecule has 3 aliphatic heterocycles. The monoisotopic (exact) mass is 212 g/mol. The van der Waals surface area contributed by atoms with Crippen molar-refractivity contribution in [2.24, 2.45) is 0 Å². The maximum Gasteiger partial charge on any atom is 0.0650 e. The molecule has 0 saturated carbocycles. The van der Waals surface area contributed by atoms with Gasteiger partial charge in [0.1, 0.15) is 0 Å². The minimum atomic E-state index is 1.07. The van der Waals surface area contributed by atoms with E-state index in [1.165, 1.54) is 22.8 Å². The average Bonchev–Trinajstić information content (AvgIpc) is 2.30. The SMILES string of the molecule is CC1=CC=CC2=C3C=CC=C(C)N3CCN12. The predicted molar refractivity (Wildman–Crippen MR) is 66.2 cm³/mol. The second kappa shape index (κ2) is 3.41.